The Morgan fingerprint density at radius 3 is 2.78 bits per heavy atom. The topological polar surface area (TPSA) is 59.6 Å². The molecule has 1 heterocycles. The third kappa shape index (κ3) is 4.48. The van der Waals surface area contributed by atoms with E-state index >= 15 is 0 Å². The summed E-state index contributed by atoms with van der Waals surface area (Å²) in [6.07, 6.45) is 2.77. The molecule has 1 aromatic heterocycles. The zero-order chi connectivity index (χ0) is 19.6. The molecule has 0 saturated carbocycles. The molecular formula is C17H15ClF2N2O3S2. The second kappa shape index (κ2) is 8.37. The Balaban J connectivity index is 1.73. The van der Waals surface area contributed by atoms with Gasteiger partial charge in [0.25, 0.3) is 0 Å². The largest absolute Gasteiger partial charge is 0.465 e. The number of thiophene rings is 1. The van der Waals surface area contributed by atoms with Crippen molar-refractivity contribution < 1.29 is 23.0 Å². The van der Waals surface area contributed by atoms with Crippen LogP contribution in [0.5, 0.6) is 5.75 Å². The van der Waals surface area contributed by atoms with Gasteiger partial charge in [-0.3, -0.25) is 0 Å². The molecular weight excluding hydrogens is 418 g/mol. The van der Waals surface area contributed by atoms with Gasteiger partial charge >= 0.3 is 12.6 Å². The molecule has 1 aliphatic carbocycles. The summed E-state index contributed by atoms with van der Waals surface area (Å²) in [6.45, 7) is -2.96. The summed E-state index contributed by atoms with van der Waals surface area (Å²) in [5, 5.41) is 6.80. The maximum absolute atomic E-state index is 12.3. The molecule has 0 unspecified atom stereocenters. The highest BCUT2D eigenvalue weighted by Crippen LogP contribution is 2.39. The summed E-state index contributed by atoms with van der Waals surface area (Å²) in [5.74, 6) is -0.532. The second-order valence-corrected chi connectivity index (χ2v) is 7.58. The number of anilines is 2. The molecule has 5 nitrogen and oxygen atoms in total. The van der Waals surface area contributed by atoms with Gasteiger partial charge < -0.3 is 20.1 Å². The molecule has 1 aromatic carbocycles. The molecule has 0 amide bonds. The number of rotatable bonds is 5. The smallest absolute Gasteiger partial charge is 0.387 e. The number of esters is 1. The van der Waals surface area contributed by atoms with Crippen molar-refractivity contribution in [3.05, 3.63) is 39.2 Å². The van der Waals surface area contributed by atoms with Crippen LogP contribution >= 0.6 is 35.2 Å². The van der Waals surface area contributed by atoms with Gasteiger partial charge in [0.15, 0.2) is 5.11 Å². The number of nitrogens with one attached hydrogen (secondary N) is 2. The van der Waals surface area contributed by atoms with E-state index in [1.165, 1.54) is 36.6 Å². The highest BCUT2D eigenvalue weighted by molar-refractivity contribution is 7.80. The minimum Gasteiger partial charge on any atom is -0.465 e. The van der Waals surface area contributed by atoms with Gasteiger partial charge in [-0.15, -0.1) is 11.3 Å². The molecule has 0 bridgehead atoms. The molecule has 1 aliphatic rings. The first-order valence-corrected chi connectivity index (χ1v) is 9.54. The van der Waals surface area contributed by atoms with Crippen LogP contribution in [0.25, 0.3) is 0 Å². The van der Waals surface area contributed by atoms with Crippen LogP contribution < -0.4 is 15.4 Å². The van der Waals surface area contributed by atoms with Gasteiger partial charge in [-0.2, -0.15) is 8.78 Å². The fourth-order valence-electron chi connectivity index (χ4n) is 2.85. The fourth-order valence-corrected chi connectivity index (χ4v) is 4.64. The number of halogens is 3. The number of aryl methyl sites for hydroxylation is 1. The van der Waals surface area contributed by atoms with E-state index < -0.39 is 12.6 Å². The zero-order valence-electron chi connectivity index (χ0n) is 14.1. The lowest BCUT2D eigenvalue weighted by Gasteiger charge is -2.13. The molecule has 0 atom stereocenters. The number of carbonyl (C=O) groups is 1. The van der Waals surface area contributed by atoms with E-state index in [9.17, 15) is 13.6 Å². The Morgan fingerprint density at radius 2 is 2.11 bits per heavy atom. The Kier molecular flexibility index (Phi) is 6.13. The fraction of sp³-hybridized carbons (Fsp3) is 0.294. The average Bonchev–Trinajstić information content (AvgIpc) is 3.17. The summed E-state index contributed by atoms with van der Waals surface area (Å²) in [7, 11) is 1.34. The van der Waals surface area contributed by atoms with Crippen LogP contribution in [0, 0.1) is 0 Å². The summed E-state index contributed by atoms with van der Waals surface area (Å²) >= 11 is 12.7. The van der Waals surface area contributed by atoms with Crippen LogP contribution in [0.4, 0.5) is 19.5 Å². The number of benzene rings is 1. The lowest BCUT2D eigenvalue weighted by Crippen LogP contribution is -2.20. The van der Waals surface area contributed by atoms with Gasteiger partial charge in [0.1, 0.15) is 10.8 Å². The van der Waals surface area contributed by atoms with E-state index in [1.54, 1.807) is 0 Å². The van der Waals surface area contributed by atoms with E-state index in [4.69, 9.17) is 28.6 Å². The SMILES string of the molecule is COC(=O)c1c(NC(=S)Nc2ccc(OC(F)F)c(Cl)c2)sc2c1CCC2. The maximum atomic E-state index is 12.3. The van der Waals surface area contributed by atoms with E-state index in [0.717, 1.165) is 29.7 Å². The zero-order valence-corrected chi connectivity index (χ0v) is 16.5. The molecule has 144 valence electrons. The van der Waals surface area contributed by atoms with E-state index in [0.29, 0.717) is 16.3 Å². The number of hydrogen-bond donors (Lipinski definition) is 2. The third-order valence-electron chi connectivity index (χ3n) is 3.94. The van der Waals surface area contributed by atoms with Crippen LogP contribution in [0.15, 0.2) is 18.2 Å². The Bertz CT molecular complexity index is 889. The molecule has 2 aromatic rings. The van der Waals surface area contributed by atoms with E-state index in [-0.39, 0.29) is 15.9 Å². The molecule has 2 N–H and O–H groups in total. The normalized spacial score (nSPS) is 12.6. The predicted molar refractivity (Wildman–Crippen MR) is 106 cm³/mol. The Hall–Kier alpha value is -1.97. The van der Waals surface area contributed by atoms with Gasteiger partial charge in [-0.1, -0.05) is 11.6 Å². The lowest BCUT2D eigenvalue weighted by molar-refractivity contribution is -0.0497. The first-order chi connectivity index (χ1) is 12.9. The minimum atomic E-state index is -2.96. The van der Waals surface area contributed by atoms with Gasteiger partial charge in [0.05, 0.1) is 17.7 Å². The quantitative estimate of drug-likeness (QED) is 0.507. The number of methoxy groups -OCH3 is 1. The second-order valence-electron chi connectivity index (χ2n) is 5.66. The van der Waals surface area contributed by atoms with E-state index in [2.05, 4.69) is 15.4 Å². The standard InChI is InChI=1S/C17H15ClF2N2O3S2/c1-24-15(23)13-9-3-2-4-12(9)27-14(13)22-17(26)21-8-5-6-11(10(18)7-8)25-16(19)20/h5-7,16H,2-4H2,1H3,(H2,21,22,26). The van der Waals surface area contributed by atoms with Gasteiger partial charge in [-0.25, -0.2) is 4.79 Å². The van der Waals surface area contributed by atoms with Gasteiger partial charge in [0, 0.05) is 10.6 Å². The third-order valence-corrected chi connectivity index (χ3v) is 5.65. The van der Waals surface area contributed by atoms with Crippen LogP contribution in [-0.2, 0) is 17.6 Å². The molecule has 0 fully saturated rings. The van der Waals surface area contributed by atoms with Crippen LogP contribution in [0.2, 0.25) is 5.02 Å². The molecule has 0 saturated heterocycles. The van der Waals surface area contributed by atoms with Crippen LogP contribution in [0.3, 0.4) is 0 Å². The monoisotopic (exact) mass is 432 g/mol. The number of alkyl halides is 2. The summed E-state index contributed by atoms with van der Waals surface area (Å²) in [5.41, 5.74) is 2.01. The minimum absolute atomic E-state index is 0.0217. The molecule has 10 heteroatoms. The maximum Gasteiger partial charge on any atom is 0.387 e. The number of hydrogen-bond acceptors (Lipinski definition) is 5. The van der Waals surface area contributed by atoms with Gasteiger partial charge in [0.2, 0.25) is 0 Å². The lowest BCUT2D eigenvalue weighted by atomic mass is 10.1. The number of thiocarbonyl (C=S) groups is 1. The van der Waals surface area contributed by atoms with Crippen LogP contribution in [0.1, 0.15) is 27.2 Å². The number of carbonyl (C=O) groups excluding carboxylic acids is 1. The Labute approximate surface area is 168 Å². The van der Waals surface area contributed by atoms with Crippen molar-refractivity contribution >= 4 is 56.9 Å². The molecule has 3 rings (SSSR count). The molecule has 0 radical (unpaired) electrons. The molecule has 0 spiro atoms. The average molecular weight is 433 g/mol. The number of fused-ring (bicyclic) bond motifs is 1. The van der Waals surface area contributed by atoms with Crippen molar-refractivity contribution in [2.24, 2.45) is 0 Å². The summed E-state index contributed by atoms with van der Waals surface area (Å²) in [4.78, 5) is 13.3. The molecule has 0 aliphatic heterocycles. The summed E-state index contributed by atoms with van der Waals surface area (Å²) < 4.78 is 33.8. The van der Waals surface area contributed by atoms with Crippen molar-refractivity contribution in [3.63, 3.8) is 0 Å². The first kappa shape index (κ1) is 19.8. The highest BCUT2D eigenvalue weighted by atomic mass is 35.5. The van der Waals surface area contributed by atoms with E-state index in [1.807, 2.05) is 0 Å². The van der Waals surface area contributed by atoms with Crippen molar-refractivity contribution in [2.45, 2.75) is 25.9 Å². The van der Waals surface area contributed by atoms with Gasteiger partial charge in [-0.05, 0) is 55.2 Å². The predicted octanol–water partition coefficient (Wildman–Crippen LogP) is 5.09. The molecule has 27 heavy (non-hydrogen) atoms. The van der Waals surface area contributed by atoms with Crippen molar-refractivity contribution in [3.8, 4) is 5.75 Å². The highest BCUT2D eigenvalue weighted by Gasteiger charge is 2.27. The van der Waals surface area contributed by atoms with Crippen molar-refractivity contribution in [1.29, 1.82) is 0 Å². The van der Waals surface area contributed by atoms with Crippen LogP contribution in [-0.4, -0.2) is 24.8 Å². The Morgan fingerprint density at radius 1 is 1.33 bits per heavy atom. The van der Waals surface area contributed by atoms with Crippen molar-refractivity contribution in [1.82, 2.24) is 0 Å². The number of ether oxygens (including phenoxy) is 2. The summed E-state index contributed by atoms with van der Waals surface area (Å²) in [6, 6.07) is 4.25. The van der Waals surface area contributed by atoms with Crippen molar-refractivity contribution in [2.75, 3.05) is 17.7 Å². The first-order valence-electron chi connectivity index (χ1n) is 7.94.